The van der Waals surface area contributed by atoms with Gasteiger partial charge in [0, 0.05) is 37.6 Å². The van der Waals surface area contributed by atoms with Gasteiger partial charge >= 0.3 is 0 Å². The molecule has 1 atom stereocenters. The minimum atomic E-state index is -0.326. The summed E-state index contributed by atoms with van der Waals surface area (Å²) in [5.41, 5.74) is 5.15. The van der Waals surface area contributed by atoms with Crippen molar-refractivity contribution in [2.75, 3.05) is 274 Å². The fourth-order valence-electron chi connectivity index (χ4n) is 7.60. The quantitative estimate of drug-likeness (QED) is 0.0594. The first-order valence-corrected chi connectivity index (χ1v) is 29.2. The molecule has 3 aromatic rings. The Morgan fingerprint density at radius 2 is 0.482 bits per heavy atom. The van der Waals surface area contributed by atoms with E-state index in [0.717, 1.165) is 28.1 Å². The van der Waals surface area contributed by atoms with Gasteiger partial charge in [-0.2, -0.15) is 0 Å². The highest BCUT2D eigenvalue weighted by Crippen LogP contribution is 2.29. The SMILES string of the molecule is OCCOCCOCCOCCOCCN(CCOCCOCCOCCOCCO)c1ccc(COC(c2ccccc2)c2ccc(N(CCOCCOCCOCCOCCO)CCOCCOCCOCCOCCO)cc2)cc1. The fraction of sp³-hybridized carbons (Fsp3) is 0.700. The zero-order valence-electron chi connectivity index (χ0n) is 49.2. The fourth-order valence-corrected chi connectivity index (χ4v) is 7.60. The molecule has 0 bridgehead atoms. The Labute approximate surface area is 493 Å². The maximum atomic E-state index is 8.82. The van der Waals surface area contributed by atoms with Gasteiger partial charge in [-0.25, -0.2) is 0 Å². The van der Waals surface area contributed by atoms with Gasteiger partial charge in [0.05, 0.1) is 244 Å². The van der Waals surface area contributed by atoms with Crippen LogP contribution in [0.1, 0.15) is 22.8 Å². The Kier molecular flexibility index (Phi) is 49.9. The standard InChI is InChI=1S/C60H100N2O21/c63-18-26-71-34-42-79-50-46-75-38-30-67-22-14-61(15-23-68-31-39-76-47-51-80-43-35-72-27-19-64)58-10-6-55(7-11-58)54-83-60(56-4-2-1-3-5-56)57-8-12-59(13-9-57)62(16-24-69-32-40-77-48-52-81-44-36-73-28-20-65)17-25-70-33-41-78-49-53-82-45-37-74-29-21-66/h1-13,60,63-66H,14-54H2. The van der Waals surface area contributed by atoms with Crippen molar-refractivity contribution in [1.29, 1.82) is 0 Å². The molecule has 4 N–H and O–H groups in total. The highest BCUT2D eigenvalue weighted by atomic mass is 16.6. The van der Waals surface area contributed by atoms with Crippen molar-refractivity contribution in [2.45, 2.75) is 12.7 Å². The van der Waals surface area contributed by atoms with Crippen LogP contribution in [0.25, 0.3) is 0 Å². The first-order valence-electron chi connectivity index (χ1n) is 29.2. The second-order valence-electron chi connectivity index (χ2n) is 18.0. The van der Waals surface area contributed by atoms with Gasteiger partial charge < -0.3 is 111 Å². The van der Waals surface area contributed by atoms with E-state index in [1.54, 1.807) is 0 Å². The van der Waals surface area contributed by atoms with Crippen molar-refractivity contribution in [3.63, 3.8) is 0 Å². The molecule has 0 aromatic heterocycles. The summed E-state index contributed by atoms with van der Waals surface area (Å²) >= 11 is 0. The third-order valence-corrected chi connectivity index (χ3v) is 11.8. The second-order valence-corrected chi connectivity index (χ2v) is 18.0. The molecule has 0 fully saturated rings. The molecule has 83 heavy (non-hydrogen) atoms. The molecule has 0 amide bonds. The minimum Gasteiger partial charge on any atom is -0.394 e. The lowest BCUT2D eigenvalue weighted by molar-refractivity contribution is -0.00592. The van der Waals surface area contributed by atoms with E-state index in [2.05, 4.69) is 70.5 Å². The average Bonchev–Trinajstić information content (AvgIpc) is 3.68. The Hall–Kier alpha value is -3.58. The van der Waals surface area contributed by atoms with Crippen molar-refractivity contribution in [3.05, 3.63) is 95.6 Å². The van der Waals surface area contributed by atoms with Crippen LogP contribution in [-0.2, 0) is 87.1 Å². The summed E-state index contributed by atoms with van der Waals surface area (Å²) in [5, 5.41) is 35.2. The van der Waals surface area contributed by atoms with Crippen LogP contribution in [0.15, 0.2) is 78.9 Å². The molecular weight excluding hydrogens is 1080 g/mol. The van der Waals surface area contributed by atoms with Gasteiger partial charge in [0.25, 0.3) is 0 Å². The highest BCUT2D eigenvalue weighted by Gasteiger charge is 2.17. The predicted molar refractivity (Wildman–Crippen MR) is 312 cm³/mol. The molecule has 23 nitrogen and oxygen atoms in total. The van der Waals surface area contributed by atoms with E-state index in [-0.39, 0.29) is 32.5 Å². The van der Waals surface area contributed by atoms with E-state index in [1.807, 2.05) is 18.2 Å². The van der Waals surface area contributed by atoms with Crippen molar-refractivity contribution in [3.8, 4) is 0 Å². The van der Waals surface area contributed by atoms with E-state index < -0.39 is 0 Å². The summed E-state index contributed by atoms with van der Waals surface area (Å²) in [6.07, 6.45) is -0.326. The monoisotopic (exact) mass is 1180 g/mol. The van der Waals surface area contributed by atoms with E-state index >= 15 is 0 Å². The smallest absolute Gasteiger partial charge is 0.108 e. The number of anilines is 2. The topological polar surface area (TPSA) is 244 Å². The third-order valence-electron chi connectivity index (χ3n) is 11.8. The van der Waals surface area contributed by atoms with Gasteiger partial charge in [0.1, 0.15) is 6.10 Å². The number of nitrogens with zero attached hydrogens (tertiary/aromatic N) is 2. The van der Waals surface area contributed by atoms with Crippen LogP contribution >= 0.6 is 0 Å². The molecule has 0 saturated carbocycles. The summed E-state index contributed by atoms with van der Waals surface area (Å²) in [6.45, 7) is 16.8. The molecule has 0 aliphatic carbocycles. The van der Waals surface area contributed by atoms with Crippen LogP contribution in [0.5, 0.6) is 0 Å². The van der Waals surface area contributed by atoms with Gasteiger partial charge in [-0.15, -0.1) is 0 Å². The summed E-state index contributed by atoms with van der Waals surface area (Å²) in [7, 11) is 0. The first kappa shape index (κ1) is 73.7. The number of ether oxygens (including phenoxy) is 17. The van der Waals surface area contributed by atoms with Gasteiger partial charge in [0.15, 0.2) is 0 Å². The lowest BCUT2D eigenvalue weighted by atomic mass is 10.0. The first-order chi connectivity index (χ1) is 41.2. The molecule has 0 saturated heterocycles. The van der Waals surface area contributed by atoms with Crippen molar-refractivity contribution in [1.82, 2.24) is 0 Å². The number of aliphatic hydroxyl groups is 4. The van der Waals surface area contributed by atoms with Crippen LogP contribution in [0.2, 0.25) is 0 Å². The predicted octanol–water partition coefficient (Wildman–Crippen LogP) is 2.84. The Bertz CT molecular complexity index is 1740. The van der Waals surface area contributed by atoms with E-state index in [0.29, 0.717) is 244 Å². The summed E-state index contributed by atoms with van der Waals surface area (Å²) in [5.74, 6) is 0. The van der Waals surface area contributed by atoms with Gasteiger partial charge in [-0.1, -0.05) is 54.6 Å². The molecule has 0 aliphatic heterocycles. The molecule has 3 aromatic carbocycles. The Morgan fingerprint density at radius 3 is 0.747 bits per heavy atom. The zero-order chi connectivity index (χ0) is 58.8. The van der Waals surface area contributed by atoms with Crippen LogP contribution in [0.4, 0.5) is 11.4 Å². The van der Waals surface area contributed by atoms with Gasteiger partial charge in [0.2, 0.25) is 0 Å². The molecule has 0 spiro atoms. The molecule has 23 heteroatoms. The molecule has 0 heterocycles. The average molecular weight is 1190 g/mol. The summed E-state index contributed by atoms with van der Waals surface area (Å²) in [4.78, 5) is 4.49. The van der Waals surface area contributed by atoms with Crippen LogP contribution in [-0.4, -0.2) is 284 Å². The van der Waals surface area contributed by atoms with Crippen molar-refractivity contribution < 1.29 is 101 Å². The Morgan fingerprint density at radius 1 is 0.253 bits per heavy atom. The Balaban J connectivity index is 1.57. The summed E-state index contributed by atoms with van der Waals surface area (Å²) < 4.78 is 96.2. The van der Waals surface area contributed by atoms with E-state index in [4.69, 9.17) is 101 Å². The number of benzene rings is 3. The van der Waals surface area contributed by atoms with Crippen molar-refractivity contribution in [2.24, 2.45) is 0 Å². The van der Waals surface area contributed by atoms with E-state index in [9.17, 15) is 0 Å². The van der Waals surface area contributed by atoms with E-state index in [1.165, 1.54) is 0 Å². The van der Waals surface area contributed by atoms with Crippen LogP contribution in [0, 0.1) is 0 Å². The molecule has 476 valence electrons. The number of hydrogen-bond donors (Lipinski definition) is 4. The van der Waals surface area contributed by atoms with Gasteiger partial charge in [-0.3, -0.25) is 0 Å². The molecule has 0 aliphatic rings. The zero-order valence-corrected chi connectivity index (χ0v) is 49.2. The minimum absolute atomic E-state index is 0.00526. The van der Waals surface area contributed by atoms with Crippen molar-refractivity contribution >= 4 is 11.4 Å². The second kappa shape index (κ2) is 56.2. The lowest BCUT2D eigenvalue weighted by Crippen LogP contribution is -2.31. The maximum absolute atomic E-state index is 8.82. The molecular formula is C60H100N2O21. The van der Waals surface area contributed by atoms with Crippen LogP contribution < -0.4 is 9.80 Å². The highest BCUT2D eigenvalue weighted by molar-refractivity contribution is 5.49. The molecule has 1 unspecified atom stereocenters. The molecule has 0 radical (unpaired) electrons. The number of aliphatic hydroxyl groups excluding tert-OH is 4. The maximum Gasteiger partial charge on any atom is 0.108 e. The third kappa shape index (κ3) is 41.2. The number of hydrogen-bond acceptors (Lipinski definition) is 23. The number of rotatable bonds is 63. The lowest BCUT2D eigenvalue weighted by Gasteiger charge is -2.26. The largest absolute Gasteiger partial charge is 0.394 e. The molecule has 3 rings (SSSR count). The normalized spacial score (nSPS) is 12.0. The summed E-state index contributed by atoms with van der Waals surface area (Å²) in [6, 6.07) is 27.1. The van der Waals surface area contributed by atoms with Crippen LogP contribution in [0.3, 0.4) is 0 Å². The van der Waals surface area contributed by atoms with Gasteiger partial charge in [-0.05, 0) is 41.0 Å².